The molecule has 32 heavy (non-hydrogen) atoms. The van der Waals surface area contributed by atoms with Gasteiger partial charge in [0.1, 0.15) is 17.3 Å². The minimum atomic E-state index is -0.482. The van der Waals surface area contributed by atoms with Crippen LogP contribution in [0.3, 0.4) is 0 Å². The van der Waals surface area contributed by atoms with Crippen molar-refractivity contribution in [1.29, 1.82) is 0 Å². The number of Topliss-reactive ketones (excluding diaryl/α,β-unsaturated/α-hetero) is 2. The van der Waals surface area contributed by atoms with Crippen molar-refractivity contribution in [3.05, 3.63) is 75.8 Å². The van der Waals surface area contributed by atoms with Gasteiger partial charge in [-0.25, -0.2) is 4.39 Å². The van der Waals surface area contributed by atoms with Crippen molar-refractivity contribution in [2.24, 2.45) is 0 Å². The Morgan fingerprint density at radius 1 is 0.875 bits per heavy atom. The first kappa shape index (κ1) is 20.6. The number of halogens is 1. The summed E-state index contributed by atoms with van der Waals surface area (Å²) in [4.78, 5) is 30.1. The highest BCUT2D eigenvalue weighted by Gasteiger charge is 2.37. The second kappa shape index (κ2) is 7.71. The van der Waals surface area contributed by atoms with Gasteiger partial charge in [-0.1, -0.05) is 0 Å². The Balaban J connectivity index is 1.38. The highest BCUT2D eigenvalue weighted by atomic mass is 19.1. The Hall–Kier alpha value is -3.25. The molecule has 0 saturated carbocycles. The van der Waals surface area contributed by atoms with Crippen LogP contribution in [0.1, 0.15) is 43.2 Å². The fourth-order valence-electron chi connectivity index (χ4n) is 4.62. The summed E-state index contributed by atoms with van der Waals surface area (Å²) in [6, 6.07) is 10.3. The molecule has 2 heterocycles. The number of anilines is 1. The summed E-state index contributed by atoms with van der Waals surface area (Å²) in [5.74, 6) is 0.0792. The van der Waals surface area contributed by atoms with Crippen LogP contribution in [0.15, 0.2) is 40.8 Å². The van der Waals surface area contributed by atoms with Crippen molar-refractivity contribution in [2.75, 3.05) is 31.1 Å². The van der Waals surface area contributed by atoms with E-state index in [1.807, 2.05) is 26.8 Å². The molecule has 0 unspecified atom stereocenters. The van der Waals surface area contributed by atoms with E-state index >= 15 is 0 Å². The molecular formula is C26H25FN2O3. The minimum absolute atomic E-state index is 0.232. The highest BCUT2D eigenvalue weighted by molar-refractivity contribution is 6.53. The molecule has 5 nitrogen and oxygen atoms in total. The number of ketones is 2. The van der Waals surface area contributed by atoms with Crippen LogP contribution < -0.4 is 4.90 Å². The van der Waals surface area contributed by atoms with Gasteiger partial charge >= 0.3 is 0 Å². The van der Waals surface area contributed by atoms with Gasteiger partial charge in [-0.15, -0.1) is 0 Å². The van der Waals surface area contributed by atoms with E-state index in [0.29, 0.717) is 29.0 Å². The molecule has 0 spiro atoms. The average Bonchev–Trinajstić information content (AvgIpc) is 3.11. The third kappa shape index (κ3) is 3.35. The SMILES string of the molecule is Cc1cc2c(cc1C)-c1oc(CN3CCN(c4ccc(F)cc4)CC3)c(C)c1C(=O)C2=O. The fourth-order valence-corrected chi connectivity index (χ4v) is 4.62. The molecule has 1 saturated heterocycles. The number of fused-ring (bicyclic) bond motifs is 3. The first-order chi connectivity index (χ1) is 15.3. The third-order valence-electron chi connectivity index (χ3n) is 6.73. The molecule has 164 valence electrons. The number of carbonyl (C=O) groups excluding carboxylic acids is 2. The van der Waals surface area contributed by atoms with Gasteiger partial charge in [0.2, 0.25) is 11.6 Å². The van der Waals surface area contributed by atoms with E-state index in [9.17, 15) is 14.0 Å². The first-order valence-electron chi connectivity index (χ1n) is 10.9. The topological polar surface area (TPSA) is 53.8 Å². The zero-order valence-corrected chi connectivity index (χ0v) is 18.5. The molecule has 5 rings (SSSR count). The van der Waals surface area contributed by atoms with Crippen LogP contribution in [0.2, 0.25) is 0 Å². The fraction of sp³-hybridized carbons (Fsp3) is 0.308. The molecule has 1 aliphatic carbocycles. The molecule has 6 heteroatoms. The van der Waals surface area contributed by atoms with E-state index < -0.39 is 11.6 Å². The number of furan rings is 1. The minimum Gasteiger partial charge on any atom is -0.459 e. The van der Waals surface area contributed by atoms with E-state index in [4.69, 9.17) is 4.42 Å². The lowest BCUT2D eigenvalue weighted by Crippen LogP contribution is -2.46. The normalized spacial score (nSPS) is 16.3. The molecule has 0 amide bonds. The monoisotopic (exact) mass is 432 g/mol. The average molecular weight is 432 g/mol. The van der Waals surface area contributed by atoms with Crippen LogP contribution >= 0.6 is 0 Å². The molecule has 2 aromatic carbocycles. The van der Waals surface area contributed by atoms with Crippen LogP contribution in [-0.2, 0) is 6.54 Å². The Kier molecular flexibility index (Phi) is 4.97. The van der Waals surface area contributed by atoms with Crippen molar-refractivity contribution < 1.29 is 18.4 Å². The zero-order valence-electron chi connectivity index (χ0n) is 18.5. The molecule has 1 fully saturated rings. The number of hydrogen-bond donors (Lipinski definition) is 0. The standard InChI is InChI=1S/C26H25FN2O3/c1-15-12-20-21(13-16(15)2)26-23(25(31)24(20)30)17(3)22(32-26)14-28-8-10-29(11-9-28)19-6-4-18(27)5-7-19/h4-7,12-13H,8-11,14H2,1-3H3. The van der Waals surface area contributed by atoms with Crippen molar-refractivity contribution in [3.8, 4) is 11.3 Å². The van der Waals surface area contributed by atoms with Gasteiger partial charge in [-0.05, 0) is 68.3 Å². The quantitative estimate of drug-likeness (QED) is 0.561. The van der Waals surface area contributed by atoms with Gasteiger partial charge < -0.3 is 9.32 Å². The summed E-state index contributed by atoms with van der Waals surface area (Å²) in [6.07, 6.45) is 0. The first-order valence-corrected chi connectivity index (χ1v) is 10.9. The van der Waals surface area contributed by atoms with Crippen molar-refractivity contribution >= 4 is 17.3 Å². The van der Waals surface area contributed by atoms with Gasteiger partial charge in [0.15, 0.2) is 0 Å². The zero-order chi connectivity index (χ0) is 22.6. The molecule has 1 aromatic heterocycles. The highest BCUT2D eigenvalue weighted by Crippen LogP contribution is 2.40. The van der Waals surface area contributed by atoms with Gasteiger partial charge in [0.05, 0.1) is 12.1 Å². The largest absolute Gasteiger partial charge is 0.459 e. The van der Waals surface area contributed by atoms with E-state index in [1.165, 1.54) is 12.1 Å². The Labute approximate surface area is 186 Å². The van der Waals surface area contributed by atoms with Crippen LogP contribution in [0, 0.1) is 26.6 Å². The van der Waals surface area contributed by atoms with E-state index in [0.717, 1.165) is 54.3 Å². The second-order valence-corrected chi connectivity index (χ2v) is 8.73. The maximum absolute atomic E-state index is 13.2. The lowest BCUT2D eigenvalue weighted by molar-refractivity contribution is 0.0814. The smallest absolute Gasteiger partial charge is 0.237 e. The van der Waals surface area contributed by atoms with Crippen molar-refractivity contribution in [1.82, 2.24) is 4.90 Å². The lowest BCUT2D eigenvalue weighted by Gasteiger charge is -2.35. The predicted molar refractivity (Wildman–Crippen MR) is 121 cm³/mol. The Bertz CT molecular complexity index is 1230. The molecule has 0 bridgehead atoms. The molecule has 3 aromatic rings. The molecule has 0 radical (unpaired) electrons. The number of carbonyl (C=O) groups is 2. The van der Waals surface area contributed by atoms with Crippen LogP contribution in [0.5, 0.6) is 0 Å². The second-order valence-electron chi connectivity index (χ2n) is 8.73. The number of hydrogen-bond acceptors (Lipinski definition) is 5. The number of aryl methyl sites for hydroxylation is 2. The summed E-state index contributed by atoms with van der Waals surface area (Å²) in [5, 5.41) is 0. The predicted octanol–water partition coefficient (Wildman–Crippen LogP) is 4.71. The Morgan fingerprint density at radius 2 is 1.50 bits per heavy atom. The number of nitrogens with zero attached hydrogens (tertiary/aromatic N) is 2. The number of rotatable bonds is 3. The van der Waals surface area contributed by atoms with E-state index in [-0.39, 0.29) is 5.82 Å². The van der Waals surface area contributed by atoms with Crippen molar-refractivity contribution in [2.45, 2.75) is 27.3 Å². The molecule has 2 aliphatic rings. The van der Waals surface area contributed by atoms with Gasteiger partial charge in [-0.3, -0.25) is 14.5 Å². The molecule has 0 atom stereocenters. The maximum Gasteiger partial charge on any atom is 0.237 e. The summed E-state index contributed by atoms with van der Waals surface area (Å²) < 4.78 is 19.4. The molecule has 1 aliphatic heterocycles. The lowest BCUT2D eigenvalue weighted by atomic mass is 9.85. The number of benzene rings is 2. The summed E-state index contributed by atoms with van der Waals surface area (Å²) in [6.45, 7) is 9.67. The third-order valence-corrected chi connectivity index (χ3v) is 6.73. The maximum atomic E-state index is 13.2. The summed E-state index contributed by atoms with van der Waals surface area (Å²) in [7, 11) is 0. The molecular weight excluding hydrogens is 407 g/mol. The summed E-state index contributed by atoms with van der Waals surface area (Å²) >= 11 is 0. The van der Waals surface area contributed by atoms with E-state index in [2.05, 4.69) is 9.80 Å². The molecule has 0 N–H and O–H groups in total. The van der Waals surface area contributed by atoms with Crippen molar-refractivity contribution in [3.63, 3.8) is 0 Å². The van der Waals surface area contributed by atoms with Crippen LogP contribution in [-0.4, -0.2) is 42.6 Å². The Morgan fingerprint density at radius 3 is 2.16 bits per heavy atom. The van der Waals surface area contributed by atoms with Gasteiger partial charge in [-0.2, -0.15) is 0 Å². The van der Waals surface area contributed by atoms with Gasteiger partial charge in [0, 0.05) is 48.6 Å². The van der Waals surface area contributed by atoms with Gasteiger partial charge in [0.25, 0.3) is 0 Å². The van der Waals surface area contributed by atoms with Crippen LogP contribution in [0.4, 0.5) is 10.1 Å². The number of piperazine rings is 1. The van der Waals surface area contributed by atoms with Crippen LogP contribution in [0.25, 0.3) is 11.3 Å². The summed E-state index contributed by atoms with van der Waals surface area (Å²) in [5.41, 5.74) is 5.36. The van der Waals surface area contributed by atoms with E-state index in [1.54, 1.807) is 18.2 Å².